The zero-order chi connectivity index (χ0) is 9.14. The number of hydrogen-bond donors (Lipinski definition) is 2. The SMILES string of the molecule is C[C@H](O)CN1[C@H](C)CNC[C@@H]1C. The van der Waals surface area contributed by atoms with E-state index in [4.69, 9.17) is 0 Å². The highest BCUT2D eigenvalue weighted by Crippen LogP contribution is 2.09. The van der Waals surface area contributed by atoms with Crippen LogP contribution in [-0.2, 0) is 0 Å². The van der Waals surface area contributed by atoms with Crippen molar-refractivity contribution in [2.75, 3.05) is 19.6 Å². The van der Waals surface area contributed by atoms with Gasteiger partial charge in [-0.2, -0.15) is 0 Å². The molecule has 1 aliphatic rings. The lowest BCUT2D eigenvalue weighted by Gasteiger charge is -2.40. The number of hydrogen-bond acceptors (Lipinski definition) is 3. The van der Waals surface area contributed by atoms with Crippen LogP contribution in [0.4, 0.5) is 0 Å². The molecule has 0 saturated carbocycles. The van der Waals surface area contributed by atoms with Crippen molar-refractivity contribution in [3.8, 4) is 0 Å². The van der Waals surface area contributed by atoms with Crippen LogP contribution in [-0.4, -0.2) is 47.8 Å². The molecule has 1 fully saturated rings. The Morgan fingerprint density at radius 1 is 1.42 bits per heavy atom. The summed E-state index contributed by atoms with van der Waals surface area (Å²) in [6.07, 6.45) is -0.215. The zero-order valence-electron chi connectivity index (χ0n) is 8.25. The molecule has 3 heteroatoms. The first kappa shape index (κ1) is 9.96. The molecular weight excluding hydrogens is 152 g/mol. The van der Waals surface area contributed by atoms with Crippen molar-refractivity contribution in [1.29, 1.82) is 0 Å². The monoisotopic (exact) mass is 172 g/mol. The summed E-state index contributed by atoms with van der Waals surface area (Å²) in [5.41, 5.74) is 0. The molecule has 2 N–H and O–H groups in total. The quantitative estimate of drug-likeness (QED) is 0.618. The Labute approximate surface area is 74.8 Å². The highest BCUT2D eigenvalue weighted by Gasteiger charge is 2.24. The van der Waals surface area contributed by atoms with E-state index in [1.165, 1.54) is 0 Å². The fourth-order valence-corrected chi connectivity index (χ4v) is 1.84. The van der Waals surface area contributed by atoms with Gasteiger partial charge in [0.1, 0.15) is 0 Å². The van der Waals surface area contributed by atoms with Gasteiger partial charge in [-0.1, -0.05) is 0 Å². The predicted molar refractivity (Wildman–Crippen MR) is 50.2 cm³/mol. The molecule has 3 atom stereocenters. The smallest absolute Gasteiger partial charge is 0.0639 e. The lowest BCUT2D eigenvalue weighted by molar-refractivity contribution is 0.0574. The van der Waals surface area contributed by atoms with Gasteiger partial charge in [-0.05, 0) is 20.8 Å². The third-order valence-electron chi connectivity index (χ3n) is 2.49. The molecular formula is C9H20N2O. The van der Waals surface area contributed by atoms with Crippen molar-refractivity contribution in [2.45, 2.75) is 39.0 Å². The second kappa shape index (κ2) is 4.21. The standard InChI is InChI=1S/C9H20N2O/c1-7-4-10-5-8(2)11(7)6-9(3)12/h7-10,12H,4-6H2,1-3H3/t7-,8+,9-/m0/s1. The predicted octanol–water partition coefficient (Wildman–Crippen LogP) is 0.0494. The Morgan fingerprint density at radius 2 is 1.92 bits per heavy atom. The maximum atomic E-state index is 9.28. The normalized spacial score (nSPS) is 35.0. The molecule has 1 aliphatic heterocycles. The Balaban J connectivity index is 2.45. The van der Waals surface area contributed by atoms with Crippen LogP contribution in [0, 0.1) is 0 Å². The number of aliphatic hydroxyl groups is 1. The minimum Gasteiger partial charge on any atom is -0.392 e. The van der Waals surface area contributed by atoms with E-state index in [2.05, 4.69) is 24.1 Å². The summed E-state index contributed by atoms with van der Waals surface area (Å²) >= 11 is 0. The van der Waals surface area contributed by atoms with E-state index in [-0.39, 0.29) is 6.10 Å². The molecule has 0 bridgehead atoms. The van der Waals surface area contributed by atoms with Crippen LogP contribution in [0.2, 0.25) is 0 Å². The first-order chi connectivity index (χ1) is 5.61. The van der Waals surface area contributed by atoms with Crippen LogP contribution in [0.5, 0.6) is 0 Å². The van der Waals surface area contributed by atoms with Crippen molar-refractivity contribution in [2.24, 2.45) is 0 Å². The van der Waals surface area contributed by atoms with Crippen LogP contribution in [0.25, 0.3) is 0 Å². The molecule has 1 heterocycles. The minimum absolute atomic E-state index is 0.215. The topological polar surface area (TPSA) is 35.5 Å². The molecule has 72 valence electrons. The minimum atomic E-state index is -0.215. The third-order valence-corrected chi connectivity index (χ3v) is 2.49. The largest absolute Gasteiger partial charge is 0.392 e. The van der Waals surface area contributed by atoms with Gasteiger partial charge in [0.05, 0.1) is 6.10 Å². The van der Waals surface area contributed by atoms with Gasteiger partial charge < -0.3 is 10.4 Å². The van der Waals surface area contributed by atoms with Crippen molar-refractivity contribution in [3.05, 3.63) is 0 Å². The summed E-state index contributed by atoms with van der Waals surface area (Å²) < 4.78 is 0. The summed E-state index contributed by atoms with van der Waals surface area (Å²) in [6.45, 7) is 9.12. The van der Waals surface area contributed by atoms with Gasteiger partial charge in [0, 0.05) is 31.7 Å². The summed E-state index contributed by atoms with van der Waals surface area (Å²) in [6, 6.07) is 1.09. The Bertz CT molecular complexity index is 128. The number of piperazine rings is 1. The van der Waals surface area contributed by atoms with Crippen molar-refractivity contribution in [1.82, 2.24) is 10.2 Å². The maximum absolute atomic E-state index is 9.28. The van der Waals surface area contributed by atoms with Gasteiger partial charge in [-0.3, -0.25) is 4.90 Å². The molecule has 1 rings (SSSR count). The Hall–Kier alpha value is -0.120. The average molecular weight is 172 g/mol. The molecule has 0 aromatic carbocycles. The van der Waals surface area contributed by atoms with Gasteiger partial charge in [-0.15, -0.1) is 0 Å². The zero-order valence-corrected chi connectivity index (χ0v) is 8.25. The second-order valence-electron chi connectivity index (χ2n) is 3.90. The van der Waals surface area contributed by atoms with Crippen molar-refractivity contribution >= 4 is 0 Å². The van der Waals surface area contributed by atoms with Crippen LogP contribution in [0.3, 0.4) is 0 Å². The van der Waals surface area contributed by atoms with E-state index in [1.54, 1.807) is 0 Å². The Morgan fingerprint density at radius 3 is 2.33 bits per heavy atom. The van der Waals surface area contributed by atoms with Crippen LogP contribution >= 0.6 is 0 Å². The van der Waals surface area contributed by atoms with Crippen LogP contribution < -0.4 is 5.32 Å². The van der Waals surface area contributed by atoms with Gasteiger partial charge in [0.15, 0.2) is 0 Å². The number of nitrogens with one attached hydrogen (secondary N) is 1. The van der Waals surface area contributed by atoms with Crippen molar-refractivity contribution in [3.63, 3.8) is 0 Å². The molecule has 3 nitrogen and oxygen atoms in total. The first-order valence-corrected chi connectivity index (χ1v) is 4.75. The summed E-state index contributed by atoms with van der Waals surface area (Å²) in [7, 11) is 0. The fourth-order valence-electron chi connectivity index (χ4n) is 1.84. The summed E-state index contributed by atoms with van der Waals surface area (Å²) in [5.74, 6) is 0. The number of aliphatic hydroxyl groups excluding tert-OH is 1. The average Bonchev–Trinajstić information content (AvgIpc) is 1.97. The van der Waals surface area contributed by atoms with E-state index in [0.29, 0.717) is 12.1 Å². The van der Waals surface area contributed by atoms with E-state index in [9.17, 15) is 5.11 Å². The third kappa shape index (κ3) is 2.44. The van der Waals surface area contributed by atoms with Crippen LogP contribution in [0.1, 0.15) is 20.8 Å². The first-order valence-electron chi connectivity index (χ1n) is 4.75. The van der Waals surface area contributed by atoms with Crippen molar-refractivity contribution < 1.29 is 5.11 Å². The molecule has 1 saturated heterocycles. The van der Waals surface area contributed by atoms with E-state index >= 15 is 0 Å². The lowest BCUT2D eigenvalue weighted by atomic mass is 10.1. The van der Waals surface area contributed by atoms with Gasteiger partial charge in [0.2, 0.25) is 0 Å². The molecule has 0 aromatic rings. The molecule has 0 spiro atoms. The molecule has 0 amide bonds. The molecule has 0 unspecified atom stereocenters. The number of rotatable bonds is 2. The Kier molecular flexibility index (Phi) is 3.50. The fraction of sp³-hybridized carbons (Fsp3) is 1.00. The summed E-state index contributed by atoms with van der Waals surface area (Å²) in [5, 5.41) is 12.6. The molecule has 0 aliphatic carbocycles. The molecule has 12 heavy (non-hydrogen) atoms. The van der Waals surface area contributed by atoms with E-state index < -0.39 is 0 Å². The van der Waals surface area contributed by atoms with Gasteiger partial charge in [0.25, 0.3) is 0 Å². The highest BCUT2D eigenvalue weighted by atomic mass is 16.3. The highest BCUT2D eigenvalue weighted by molar-refractivity contribution is 4.83. The second-order valence-corrected chi connectivity index (χ2v) is 3.90. The maximum Gasteiger partial charge on any atom is 0.0639 e. The van der Waals surface area contributed by atoms with Gasteiger partial charge >= 0.3 is 0 Å². The van der Waals surface area contributed by atoms with Gasteiger partial charge in [-0.25, -0.2) is 0 Å². The summed E-state index contributed by atoms with van der Waals surface area (Å²) in [4.78, 5) is 2.36. The molecule has 0 aromatic heterocycles. The lowest BCUT2D eigenvalue weighted by Crippen LogP contribution is -2.56. The molecule has 0 radical (unpaired) electrons. The van der Waals surface area contributed by atoms with E-state index in [0.717, 1.165) is 19.6 Å². The number of nitrogens with zero attached hydrogens (tertiary/aromatic N) is 1. The number of β-amino-alcohol motifs (C(OH)–C–C–N with tert-alkyl or cyclic N) is 1. The van der Waals surface area contributed by atoms with Crippen LogP contribution in [0.15, 0.2) is 0 Å². The van der Waals surface area contributed by atoms with E-state index in [1.807, 2.05) is 6.92 Å².